The second-order valence-electron chi connectivity index (χ2n) is 5.57. The van der Waals surface area contributed by atoms with Crippen LogP contribution >= 0.6 is 0 Å². The number of aromatic nitrogens is 2. The van der Waals surface area contributed by atoms with Gasteiger partial charge in [-0.05, 0) is 32.0 Å². The summed E-state index contributed by atoms with van der Waals surface area (Å²) in [7, 11) is 1.61. The number of fused-ring (bicyclic) bond motifs is 1. The molecule has 0 unspecified atom stereocenters. The zero-order chi connectivity index (χ0) is 16.1. The van der Waals surface area contributed by atoms with Gasteiger partial charge in [0, 0.05) is 18.2 Å². The molecule has 2 aromatic rings. The van der Waals surface area contributed by atoms with Gasteiger partial charge in [0.05, 0.1) is 5.69 Å². The van der Waals surface area contributed by atoms with Gasteiger partial charge in [-0.1, -0.05) is 0 Å². The molecular weight excluding hydrogens is 291 g/mol. The van der Waals surface area contributed by atoms with Crippen LogP contribution in [0, 0.1) is 0 Å². The van der Waals surface area contributed by atoms with Crippen LogP contribution in [-0.2, 0) is 12.7 Å². The summed E-state index contributed by atoms with van der Waals surface area (Å²) in [5, 5.41) is 13.0. The molecule has 0 saturated carbocycles. The molecule has 1 aromatic heterocycles. The predicted molar refractivity (Wildman–Crippen MR) is 75.9 cm³/mol. The Morgan fingerprint density at radius 1 is 1.32 bits per heavy atom. The van der Waals surface area contributed by atoms with Gasteiger partial charge in [0.1, 0.15) is 5.67 Å². The van der Waals surface area contributed by atoms with Crippen LogP contribution in [-0.4, -0.2) is 27.6 Å². The minimum Gasteiger partial charge on any atom is -0.476 e. The maximum absolute atomic E-state index is 14.6. The fourth-order valence-electron chi connectivity index (χ4n) is 2.47. The quantitative estimate of drug-likeness (QED) is 0.944. The van der Waals surface area contributed by atoms with Crippen molar-refractivity contribution in [2.75, 3.05) is 6.79 Å². The molecule has 0 bridgehead atoms. The number of carboxylic acid groups (broad SMARTS) is 1. The van der Waals surface area contributed by atoms with E-state index in [1.54, 1.807) is 19.2 Å². The number of halogens is 1. The van der Waals surface area contributed by atoms with E-state index in [4.69, 9.17) is 14.6 Å². The average Bonchev–Trinajstić information content (AvgIpc) is 3.01. The number of nitrogens with zero attached hydrogens (tertiary/aromatic N) is 2. The Bertz CT molecular complexity index is 762. The Labute approximate surface area is 126 Å². The largest absolute Gasteiger partial charge is 0.476 e. The molecule has 1 aromatic carbocycles. The molecule has 0 atom stereocenters. The number of benzene rings is 1. The fraction of sp³-hybridized carbons (Fsp3) is 0.333. The Morgan fingerprint density at radius 2 is 1.95 bits per heavy atom. The van der Waals surface area contributed by atoms with E-state index in [0.717, 1.165) is 0 Å². The third kappa shape index (κ3) is 2.28. The molecular formula is C15H15FN2O4. The fourth-order valence-corrected chi connectivity index (χ4v) is 2.47. The maximum Gasteiger partial charge on any atom is 0.356 e. The molecule has 2 heterocycles. The van der Waals surface area contributed by atoms with Crippen LogP contribution < -0.4 is 9.47 Å². The Morgan fingerprint density at radius 3 is 2.50 bits per heavy atom. The van der Waals surface area contributed by atoms with Gasteiger partial charge in [-0.2, -0.15) is 5.10 Å². The highest BCUT2D eigenvalue weighted by Crippen LogP contribution is 2.43. The van der Waals surface area contributed by atoms with Crippen LogP contribution in [0.1, 0.15) is 29.9 Å². The summed E-state index contributed by atoms with van der Waals surface area (Å²) < 4.78 is 26.6. The van der Waals surface area contributed by atoms with E-state index in [-0.39, 0.29) is 12.5 Å². The van der Waals surface area contributed by atoms with Gasteiger partial charge in [-0.15, -0.1) is 0 Å². The van der Waals surface area contributed by atoms with Crippen LogP contribution in [0.15, 0.2) is 18.2 Å². The summed E-state index contributed by atoms with van der Waals surface area (Å²) in [6.07, 6.45) is 0. The number of hydrogen-bond acceptors (Lipinski definition) is 4. The normalized spacial score (nSPS) is 13.5. The first-order valence-corrected chi connectivity index (χ1v) is 6.68. The molecule has 3 rings (SSSR count). The summed E-state index contributed by atoms with van der Waals surface area (Å²) in [6.45, 7) is 2.95. The van der Waals surface area contributed by atoms with Gasteiger partial charge in [0.15, 0.2) is 17.2 Å². The second-order valence-corrected chi connectivity index (χ2v) is 5.57. The van der Waals surface area contributed by atoms with Crippen molar-refractivity contribution >= 4 is 5.97 Å². The summed E-state index contributed by atoms with van der Waals surface area (Å²) in [6, 6.07) is 4.65. The number of aromatic carboxylic acids is 1. The molecule has 6 nitrogen and oxygen atoms in total. The highest BCUT2D eigenvalue weighted by atomic mass is 19.1. The Balaban J connectivity index is 2.23. The number of rotatable bonds is 3. The number of carboxylic acids is 1. The molecule has 0 saturated heterocycles. The molecule has 22 heavy (non-hydrogen) atoms. The van der Waals surface area contributed by atoms with Crippen LogP contribution in [0.5, 0.6) is 11.5 Å². The first-order valence-electron chi connectivity index (χ1n) is 6.68. The topological polar surface area (TPSA) is 73.6 Å². The molecule has 0 aliphatic carbocycles. The summed E-state index contributed by atoms with van der Waals surface area (Å²) in [5.41, 5.74) is -0.325. The number of alkyl halides is 1. The molecule has 0 fully saturated rings. The van der Waals surface area contributed by atoms with Crippen molar-refractivity contribution in [2.45, 2.75) is 19.5 Å². The van der Waals surface area contributed by atoms with Crippen molar-refractivity contribution in [3.05, 3.63) is 29.5 Å². The molecule has 0 amide bonds. The minimum absolute atomic E-state index is 0.0801. The van der Waals surface area contributed by atoms with Gasteiger partial charge in [-0.3, -0.25) is 4.68 Å². The maximum atomic E-state index is 14.6. The van der Waals surface area contributed by atoms with Crippen LogP contribution in [0.3, 0.4) is 0 Å². The van der Waals surface area contributed by atoms with E-state index < -0.39 is 11.6 Å². The Kier molecular flexibility index (Phi) is 3.09. The first-order chi connectivity index (χ1) is 10.3. The van der Waals surface area contributed by atoms with Gasteiger partial charge in [0.2, 0.25) is 6.79 Å². The van der Waals surface area contributed by atoms with Crippen LogP contribution in [0.4, 0.5) is 4.39 Å². The number of carbonyl (C=O) groups is 1. The smallest absolute Gasteiger partial charge is 0.356 e. The van der Waals surface area contributed by atoms with Crippen molar-refractivity contribution in [3.8, 4) is 22.8 Å². The van der Waals surface area contributed by atoms with Crippen molar-refractivity contribution < 1.29 is 23.8 Å². The van der Waals surface area contributed by atoms with E-state index in [1.807, 2.05) is 0 Å². The third-order valence-corrected chi connectivity index (χ3v) is 3.53. The average molecular weight is 306 g/mol. The van der Waals surface area contributed by atoms with E-state index in [2.05, 4.69) is 5.10 Å². The lowest BCUT2D eigenvalue weighted by molar-refractivity contribution is 0.0689. The van der Waals surface area contributed by atoms with Gasteiger partial charge in [-0.25, -0.2) is 9.18 Å². The number of hydrogen-bond donors (Lipinski definition) is 1. The lowest BCUT2D eigenvalue weighted by Crippen LogP contribution is -2.12. The standard InChI is InChI=1S/C15H15FN2O4/c1-15(2,16)9-5-13-12(21-7-22-13)4-8(9)11-6-10(14(19)20)17-18(11)3/h4-6H,7H2,1-3H3,(H,19,20). The van der Waals surface area contributed by atoms with E-state index in [1.165, 1.54) is 24.6 Å². The molecule has 7 heteroatoms. The molecule has 0 radical (unpaired) electrons. The Hall–Kier alpha value is -2.57. The number of ether oxygens (including phenoxy) is 2. The SMILES string of the molecule is Cn1nc(C(=O)O)cc1-c1cc2c(cc1C(C)(C)F)OCO2. The third-order valence-electron chi connectivity index (χ3n) is 3.53. The summed E-state index contributed by atoms with van der Waals surface area (Å²) in [5.74, 6) is -0.158. The first kappa shape index (κ1) is 14.4. The highest BCUT2D eigenvalue weighted by molar-refractivity contribution is 5.87. The van der Waals surface area contributed by atoms with Gasteiger partial charge >= 0.3 is 5.97 Å². The van der Waals surface area contributed by atoms with Crippen molar-refractivity contribution in [1.29, 1.82) is 0 Å². The van der Waals surface area contributed by atoms with Gasteiger partial charge in [0.25, 0.3) is 0 Å². The summed E-state index contributed by atoms with van der Waals surface area (Å²) in [4.78, 5) is 11.1. The van der Waals surface area contributed by atoms with Crippen molar-refractivity contribution in [1.82, 2.24) is 9.78 Å². The predicted octanol–water partition coefficient (Wildman–Crippen LogP) is 2.72. The molecule has 116 valence electrons. The van der Waals surface area contributed by atoms with E-state index in [9.17, 15) is 9.18 Å². The molecule has 1 aliphatic rings. The zero-order valence-corrected chi connectivity index (χ0v) is 12.4. The zero-order valence-electron chi connectivity index (χ0n) is 12.4. The molecule has 0 spiro atoms. The van der Waals surface area contributed by atoms with Crippen molar-refractivity contribution in [2.24, 2.45) is 7.05 Å². The molecule has 1 aliphatic heterocycles. The van der Waals surface area contributed by atoms with Crippen molar-refractivity contribution in [3.63, 3.8) is 0 Å². The monoisotopic (exact) mass is 306 g/mol. The lowest BCUT2D eigenvalue weighted by Gasteiger charge is -2.20. The van der Waals surface area contributed by atoms with E-state index >= 15 is 0 Å². The number of aryl methyl sites for hydroxylation is 1. The minimum atomic E-state index is -1.63. The highest BCUT2D eigenvalue weighted by Gasteiger charge is 2.29. The molecule has 1 N–H and O–H groups in total. The second kappa shape index (κ2) is 4.72. The van der Waals surface area contributed by atoms with Crippen LogP contribution in [0.2, 0.25) is 0 Å². The van der Waals surface area contributed by atoms with E-state index in [0.29, 0.717) is 28.3 Å². The summed E-state index contributed by atoms with van der Waals surface area (Å²) >= 11 is 0. The van der Waals surface area contributed by atoms with Crippen LogP contribution in [0.25, 0.3) is 11.3 Å². The lowest BCUT2D eigenvalue weighted by atomic mass is 9.92. The van der Waals surface area contributed by atoms with Gasteiger partial charge < -0.3 is 14.6 Å².